The van der Waals surface area contributed by atoms with E-state index < -0.39 is 11.4 Å². The van der Waals surface area contributed by atoms with Gasteiger partial charge in [0, 0.05) is 24.0 Å². The van der Waals surface area contributed by atoms with E-state index in [1.165, 1.54) is 11.8 Å². The Labute approximate surface area is 131 Å². The molecule has 0 fully saturated rings. The van der Waals surface area contributed by atoms with Crippen LogP contribution in [0.15, 0.2) is 47.4 Å². The number of nitrogens with zero attached hydrogens (tertiary/aromatic N) is 1. The molecule has 22 heavy (non-hydrogen) atoms. The highest BCUT2D eigenvalue weighted by Gasteiger charge is 2.16. The molecule has 0 atom stereocenters. The number of aryl methyl sites for hydroxylation is 1. The highest BCUT2D eigenvalue weighted by Crippen LogP contribution is 2.26. The summed E-state index contributed by atoms with van der Waals surface area (Å²) in [5.41, 5.74) is 0.601. The van der Waals surface area contributed by atoms with Crippen molar-refractivity contribution < 1.29 is 9.90 Å². The zero-order valence-electron chi connectivity index (χ0n) is 12.1. The topological polar surface area (TPSA) is 59.3 Å². The summed E-state index contributed by atoms with van der Waals surface area (Å²) in [7, 11) is 0. The second kappa shape index (κ2) is 5.77. The maximum atomic E-state index is 12.3. The Balaban J connectivity index is 2.14. The molecule has 3 rings (SSSR count). The molecule has 0 bridgehead atoms. The van der Waals surface area contributed by atoms with E-state index in [0.29, 0.717) is 11.9 Å². The molecule has 0 radical (unpaired) electrons. The molecule has 4 nitrogen and oxygen atoms in total. The zero-order chi connectivity index (χ0) is 15.7. The second-order valence-electron chi connectivity index (χ2n) is 5.06. The predicted molar refractivity (Wildman–Crippen MR) is 88.0 cm³/mol. The molecule has 0 amide bonds. The van der Waals surface area contributed by atoms with Gasteiger partial charge in [-0.1, -0.05) is 30.3 Å². The van der Waals surface area contributed by atoms with Gasteiger partial charge in [0.05, 0.1) is 5.39 Å². The fourth-order valence-electron chi connectivity index (χ4n) is 2.50. The second-order valence-corrected chi connectivity index (χ2v) is 6.17. The van der Waals surface area contributed by atoms with E-state index >= 15 is 0 Å². The summed E-state index contributed by atoms with van der Waals surface area (Å²) in [6, 6.07) is 11.8. The zero-order valence-corrected chi connectivity index (χ0v) is 12.9. The van der Waals surface area contributed by atoms with Crippen LogP contribution in [0.2, 0.25) is 0 Å². The molecule has 0 unspecified atom stereocenters. The van der Waals surface area contributed by atoms with Crippen molar-refractivity contribution in [3.63, 3.8) is 0 Å². The lowest BCUT2D eigenvalue weighted by Crippen LogP contribution is -2.17. The molecular weight excluding hydrogens is 298 g/mol. The number of thiophene rings is 1. The summed E-state index contributed by atoms with van der Waals surface area (Å²) in [6.45, 7) is 2.56. The molecule has 112 valence electrons. The Morgan fingerprint density at radius 2 is 2.00 bits per heavy atom. The number of fused-ring (bicyclic) bond motifs is 1. The summed E-state index contributed by atoms with van der Waals surface area (Å²) in [5.74, 6) is -1.18. The van der Waals surface area contributed by atoms with Crippen molar-refractivity contribution >= 4 is 27.5 Å². The van der Waals surface area contributed by atoms with Crippen LogP contribution >= 0.6 is 11.3 Å². The van der Waals surface area contributed by atoms with Crippen molar-refractivity contribution in [2.75, 3.05) is 0 Å². The fraction of sp³-hybridized carbons (Fsp3) is 0.176. The Bertz CT molecular complexity index is 893. The largest absolute Gasteiger partial charge is 0.477 e. The third kappa shape index (κ3) is 2.55. The van der Waals surface area contributed by atoms with Crippen molar-refractivity contribution in [1.29, 1.82) is 0 Å². The van der Waals surface area contributed by atoms with Gasteiger partial charge in [0.15, 0.2) is 0 Å². The molecule has 1 aromatic carbocycles. The van der Waals surface area contributed by atoms with Crippen LogP contribution in [0.1, 0.15) is 27.7 Å². The number of benzene rings is 1. The number of carbonyl (C=O) groups is 1. The van der Waals surface area contributed by atoms with Gasteiger partial charge in [-0.3, -0.25) is 4.79 Å². The third-order valence-corrected chi connectivity index (χ3v) is 4.76. The smallest absolute Gasteiger partial charge is 0.341 e. The van der Waals surface area contributed by atoms with Crippen molar-refractivity contribution in [2.24, 2.45) is 0 Å². The first-order chi connectivity index (χ1) is 10.6. The minimum atomic E-state index is -1.18. The summed E-state index contributed by atoms with van der Waals surface area (Å²) in [5, 5.41) is 9.68. The first-order valence-corrected chi connectivity index (χ1v) is 7.85. The SMILES string of the molecule is CCn1cc(C(=O)O)c(=O)c2cc(Cc3ccccc3)sc21. The predicted octanol–water partition coefficient (Wildman–Crippen LogP) is 3.37. The maximum absolute atomic E-state index is 12.3. The average molecular weight is 313 g/mol. The Hall–Kier alpha value is -2.40. The molecule has 3 aromatic rings. The van der Waals surface area contributed by atoms with Crippen molar-refractivity contribution in [2.45, 2.75) is 19.9 Å². The average Bonchev–Trinajstić information content (AvgIpc) is 2.92. The van der Waals surface area contributed by atoms with E-state index in [1.54, 1.807) is 11.3 Å². The van der Waals surface area contributed by atoms with Gasteiger partial charge in [-0.2, -0.15) is 0 Å². The fourth-order valence-corrected chi connectivity index (χ4v) is 3.72. The summed E-state index contributed by atoms with van der Waals surface area (Å²) in [6.07, 6.45) is 2.18. The van der Waals surface area contributed by atoms with Gasteiger partial charge in [-0.25, -0.2) is 4.79 Å². The molecular formula is C17H15NO3S. The number of aromatic nitrogens is 1. The number of hydrogen-bond acceptors (Lipinski definition) is 3. The van der Waals surface area contributed by atoms with E-state index in [1.807, 2.05) is 47.9 Å². The normalized spacial score (nSPS) is 11.0. The van der Waals surface area contributed by atoms with E-state index in [4.69, 9.17) is 0 Å². The van der Waals surface area contributed by atoms with Crippen LogP contribution in [-0.4, -0.2) is 15.6 Å². The third-order valence-electron chi connectivity index (χ3n) is 3.59. The Morgan fingerprint density at radius 3 is 2.64 bits per heavy atom. The van der Waals surface area contributed by atoms with Crippen molar-refractivity contribution in [3.8, 4) is 0 Å². The van der Waals surface area contributed by atoms with Gasteiger partial charge in [-0.15, -0.1) is 11.3 Å². The Kier molecular flexibility index (Phi) is 3.81. The van der Waals surface area contributed by atoms with Gasteiger partial charge in [0.2, 0.25) is 5.43 Å². The van der Waals surface area contributed by atoms with Crippen molar-refractivity contribution in [1.82, 2.24) is 4.57 Å². The number of carboxylic acid groups (broad SMARTS) is 1. The van der Waals surface area contributed by atoms with E-state index in [0.717, 1.165) is 16.1 Å². The van der Waals surface area contributed by atoms with Gasteiger partial charge in [-0.05, 0) is 18.6 Å². The lowest BCUT2D eigenvalue weighted by molar-refractivity contribution is 0.0695. The highest BCUT2D eigenvalue weighted by molar-refractivity contribution is 7.18. The minimum Gasteiger partial charge on any atom is -0.477 e. The van der Waals surface area contributed by atoms with Crippen LogP contribution in [0, 0.1) is 0 Å². The molecule has 0 aliphatic carbocycles. The van der Waals surface area contributed by atoms with Crippen LogP contribution in [0.4, 0.5) is 0 Å². The number of carboxylic acids is 1. The molecule has 0 saturated carbocycles. The van der Waals surface area contributed by atoms with E-state index in [2.05, 4.69) is 0 Å². The molecule has 0 aliphatic rings. The summed E-state index contributed by atoms with van der Waals surface area (Å²) >= 11 is 1.55. The first kappa shape index (κ1) is 14.5. The minimum absolute atomic E-state index is 0.168. The number of pyridine rings is 1. The van der Waals surface area contributed by atoms with Gasteiger partial charge < -0.3 is 9.67 Å². The lowest BCUT2D eigenvalue weighted by atomic mass is 10.1. The number of hydrogen-bond donors (Lipinski definition) is 1. The summed E-state index contributed by atoms with van der Waals surface area (Å²) in [4.78, 5) is 25.4. The Morgan fingerprint density at radius 1 is 1.27 bits per heavy atom. The molecule has 2 heterocycles. The number of rotatable bonds is 4. The van der Waals surface area contributed by atoms with Crippen LogP contribution < -0.4 is 5.43 Å². The molecule has 1 N–H and O–H groups in total. The van der Waals surface area contributed by atoms with E-state index in [9.17, 15) is 14.7 Å². The highest BCUT2D eigenvalue weighted by atomic mass is 32.1. The molecule has 0 saturated heterocycles. The van der Waals surface area contributed by atoms with Crippen LogP contribution in [0.25, 0.3) is 10.2 Å². The maximum Gasteiger partial charge on any atom is 0.341 e. The molecule has 0 aliphatic heterocycles. The lowest BCUT2D eigenvalue weighted by Gasteiger charge is -2.05. The van der Waals surface area contributed by atoms with Gasteiger partial charge in [0.1, 0.15) is 10.4 Å². The van der Waals surface area contributed by atoms with Gasteiger partial charge >= 0.3 is 5.97 Å². The standard InChI is InChI=1S/C17H15NO3S/c1-2-18-10-14(17(20)21)15(19)13-9-12(22-16(13)18)8-11-6-4-3-5-7-11/h3-7,9-10H,2,8H2,1H3,(H,20,21). The van der Waals surface area contributed by atoms with Crippen LogP contribution in [0.5, 0.6) is 0 Å². The monoisotopic (exact) mass is 313 g/mol. The quantitative estimate of drug-likeness (QED) is 0.803. The summed E-state index contributed by atoms with van der Waals surface area (Å²) < 4.78 is 1.83. The molecule has 2 aromatic heterocycles. The molecule has 0 spiro atoms. The van der Waals surface area contributed by atoms with Crippen LogP contribution in [0.3, 0.4) is 0 Å². The van der Waals surface area contributed by atoms with E-state index in [-0.39, 0.29) is 5.56 Å². The first-order valence-electron chi connectivity index (χ1n) is 7.03. The van der Waals surface area contributed by atoms with Gasteiger partial charge in [0.25, 0.3) is 0 Å². The number of aromatic carboxylic acids is 1. The van der Waals surface area contributed by atoms with Crippen molar-refractivity contribution in [3.05, 3.63) is 68.8 Å². The molecule has 5 heteroatoms. The van der Waals surface area contributed by atoms with Crippen LogP contribution in [-0.2, 0) is 13.0 Å².